The Labute approximate surface area is 174 Å². The van der Waals surface area contributed by atoms with Crippen LogP contribution in [0, 0.1) is 6.92 Å². The van der Waals surface area contributed by atoms with E-state index in [1.54, 1.807) is 23.7 Å². The highest BCUT2D eigenvalue weighted by Gasteiger charge is 2.16. The lowest BCUT2D eigenvalue weighted by Crippen LogP contribution is -1.87. The first kappa shape index (κ1) is 17.0. The molecule has 6 aromatic heterocycles. The normalized spacial score (nSPS) is 11.5. The molecule has 0 unspecified atom stereocenters. The zero-order valence-electron chi connectivity index (χ0n) is 15.9. The average molecular weight is 409 g/mol. The number of H-pyrrole nitrogens is 2. The van der Waals surface area contributed by atoms with Crippen LogP contribution in [-0.4, -0.2) is 35.1 Å². The largest absolute Gasteiger partial charge is 0.338 e. The van der Waals surface area contributed by atoms with E-state index in [9.17, 15) is 0 Å². The van der Waals surface area contributed by atoms with Crippen molar-refractivity contribution in [2.75, 3.05) is 0 Å². The minimum atomic E-state index is 0.759. The van der Waals surface area contributed by atoms with Gasteiger partial charge in [-0.2, -0.15) is 5.10 Å². The van der Waals surface area contributed by atoms with E-state index < -0.39 is 0 Å². The van der Waals surface area contributed by atoms with Crippen LogP contribution in [0.5, 0.6) is 0 Å². The van der Waals surface area contributed by atoms with Gasteiger partial charge in [0.25, 0.3) is 0 Å². The van der Waals surface area contributed by atoms with E-state index in [-0.39, 0.29) is 0 Å². The number of fused-ring (bicyclic) bond motifs is 2. The van der Waals surface area contributed by atoms with E-state index >= 15 is 0 Å². The summed E-state index contributed by atoms with van der Waals surface area (Å²) >= 11 is 1.78. The van der Waals surface area contributed by atoms with Crippen molar-refractivity contribution in [3.05, 3.63) is 66.2 Å². The fraction of sp³-hybridized carbons (Fsp3) is 0.0455. The van der Waals surface area contributed by atoms with Crippen molar-refractivity contribution in [2.45, 2.75) is 6.92 Å². The summed E-state index contributed by atoms with van der Waals surface area (Å²) in [6, 6.07) is 12.4. The number of nitrogens with one attached hydrogen (secondary N) is 2. The van der Waals surface area contributed by atoms with Crippen molar-refractivity contribution in [1.82, 2.24) is 35.1 Å². The summed E-state index contributed by atoms with van der Waals surface area (Å²) in [7, 11) is 0. The zero-order valence-corrected chi connectivity index (χ0v) is 16.7. The van der Waals surface area contributed by atoms with E-state index in [1.165, 1.54) is 16.1 Å². The van der Waals surface area contributed by atoms with Gasteiger partial charge in [0.1, 0.15) is 23.2 Å². The maximum atomic E-state index is 4.82. The van der Waals surface area contributed by atoms with E-state index in [4.69, 9.17) is 4.98 Å². The smallest absolute Gasteiger partial charge is 0.138 e. The fourth-order valence-electron chi connectivity index (χ4n) is 3.63. The van der Waals surface area contributed by atoms with Crippen molar-refractivity contribution >= 4 is 33.4 Å². The van der Waals surface area contributed by atoms with Gasteiger partial charge in [0.2, 0.25) is 0 Å². The van der Waals surface area contributed by atoms with E-state index in [0.29, 0.717) is 0 Å². The molecule has 30 heavy (non-hydrogen) atoms. The van der Waals surface area contributed by atoms with Gasteiger partial charge in [0.15, 0.2) is 0 Å². The van der Waals surface area contributed by atoms with Gasteiger partial charge < -0.3 is 4.98 Å². The van der Waals surface area contributed by atoms with Crippen LogP contribution in [0.3, 0.4) is 0 Å². The quantitative estimate of drug-likeness (QED) is 0.429. The number of aromatic amines is 2. The minimum Gasteiger partial charge on any atom is -0.338 e. The molecular formula is C22H15N7S. The summed E-state index contributed by atoms with van der Waals surface area (Å²) in [6.45, 7) is 2.12. The fourth-order valence-corrected chi connectivity index (χ4v) is 4.53. The Hall–Kier alpha value is -3.91. The third kappa shape index (κ3) is 2.69. The molecule has 144 valence electrons. The van der Waals surface area contributed by atoms with Crippen LogP contribution < -0.4 is 0 Å². The van der Waals surface area contributed by atoms with Gasteiger partial charge in [0.05, 0.1) is 16.9 Å². The predicted molar refractivity (Wildman–Crippen MR) is 118 cm³/mol. The van der Waals surface area contributed by atoms with Crippen molar-refractivity contribution in [3.63, 3.8) is 0 Å². The Morgan fingerprint density at radius 3 is 2.73 bits per heavy atom. The van der Waals surface area contributed by atoms with Crippen LogP contribution in [0.2, 0.25) is 0 Å². The van der Waals surface area contributed by atoms with Gasteiger partial charge in [0, 0.05) is 44.9 Å². The first-order valence-electron chi connectivity index (χ1n) is 9.42. The maximum absolute atomic E-state index is 4.82. The van der Waals surface area contributed by atoms with Crippen LogP contribution in [-0.2, 0) is 0 Å². The zero-order chi connectivity index (χ0) is 20.1. The van der Waals surface area contributed by atoms with Crippen LogP contribution in [0.1, 0.15) is 4.88 Å². The molecule has 0 amide bonds. The molecule has 6 rings (SSSR count). The Morgan fingerprint density at radius 1 is 1.00 bits per heavy atom. The Balaban J connectivity index is 1.52. The number of nitrogens with zero attached hydrogens (tertiary/aromatic N) is 5. The van der Waals surface area contributed by atoms with Crippen molar-refractivity contribution in [2.24, 2.45) is 0 Å². The Kier molecular flexibility index (Phi) is 3.72. The van der Waals surface area contributed by atoms with Crippen molar-refractivity contribution in [1.29, 1.82) is 0 Å². The molecule has 0 saturated heterocycles. The number of pyridine rings is 2. The van der Waals surface area contributed by atoms with Crippen molar-refractivity contribution in [3.8, 4) is 33.1 Å². The maximum Gasteiger partial charge on any atom is 0.138 e. The molecule has 0 aliphatic rings. The topological polar surface area (TPSA) is 96.0 Å². The molecular weight excluding hydrogens is 394 g/mol. The molecule has 0 fully saturated rings. The third-order valence-corrected chi connectivity index (χ3v) is 6.09. The summed E-state index contributed by atoms with van der Waals surface area (Å²) in [6.07, 6.45) is 6.85. The number of thiophene rings is 1. The molecule has 8 heteroatoms. The number of hydrogen-bond donors (Lipinski definition) is 2. The average Bonchev–Trinajstić information content (AvgIpc) is 3.51. The highest BCUT2D eigenvalue weighted by molar-refractivity contribution is 7.15. The van der Waals surface area contributed by atoms with E-state index in [1.807, 2.05) is 18.3 Å². The highest BCUT2D eigenvalue weighted by atomic mass is 32.1. The van der Waals surface area contributed by atoms with Crippen LogP contribution in [0.4, 0.5) is 0 Å². The third-order valence-electron chi connectivity index (χ3n) is 5.06. The lowest BCUT2D eigenvalue weighted by atomic mass is 10.1. The molecule has 0 bridgehead atoms. The summed E-state index contributed by atoms with van der Waals surface area (Å²) in [4.78, 5) is 23.4. The number of aromatic nitrogens is 7. The second-order valence-electron chi connectivity index (χ2n) is 7.01. The van der Waals surface area contributed by atoms with Gasteiger partial charge in [-0.05, 0) is 43.3 Å². The van der Waals surface area contributed by atoms with Gasteiger partial charge in [-0.15, -0.1) is 11.3 Å². The molecule has 6 heterocycles. The standard InChI is InChI=1S/C22H15N7S/c1-12-2-5-19(30-12)14-6-7-25-22-15(14)8-18(27-22)21-20-17(28-29-21)4-3-16(26-20)13-9-23-11-24-10-13/h2-11H,1H3,(H,25,27)(H,28,29). The van der Waals surface area contributed by atoms with Gasteiger partial charge in [-0.1, -0.05) is 0 Å². The van der Waals surface area contributed by atoms with Crippen LogP contribution >= 0.6 is 11.3 Å². The summed E-state index contributed by atoms with van der Waals surface area (Å²) < 4.78 is 0. The molecule has 0 aromatic carbocycles. The first-order chi connectivity index (χ1) is 14.8. The van der Waals surface area contributed by atoms with Gasteiger partial charge in [-0.3, -0.25) is 5.10 Å². The Morgan fingerprint density at radius 2 is 1.90 bits per heavy atom. The molecule has 7 nitrogen and oxygen atoms in total. The molecule has 0 spiro atoms. The molecule has 2 N–H and O–H groups in total. The Bertz CT molecular complexity index is 1510. The van der Waals surface area contributed by atoms with E-state index in [0.717, 1.165) is 50.3 Å². The summed E-state index contributed by atoms with van der Waals surface area (Å²) in [5.74, 6) is 0. The van der Waals surface area contributed by atoms with Crippen LogP contribution in [0.15, 0.2) is 61.3 Å². The predicted octanol–water partition coefficient (Wildman–Crippen LogP) is 5.00. The molecule has 0 aliphatic carbocycles. The first-order valence-corrected chi connectivity index (χ1v) is 10.2. The van der Waals surface area contributed by atoms with E-state index in [2.05, 4.69) is 61.3 Å². The molecule has 0 radical (unpaired) electrons. The highest BCUT2D eigenvalue weighted by Crippen LogP contribution is 2.35. The minimum absolute atomic E-state index is 0.759. The lowest BCUT2D eigenvalue weighted by Gasteiger charge is -2.00. The lowest BCUT2D eigenvalue weighted by molar-refractivity contribution is 1.12. The monoisotopic (exact) mass is 409 g/mol. The van der Waals surface area contributed by atoms with Gasteiger partial charge in [-0.25, -0.2) is 19.9 Å². The second-order valence-corrected chi connectivity index (χ2v) is 8.29. The van der Waals surface area contributed by atoms with Crippen LogP contribution in [0.25, 0.3) is 55.2 Å². The summed E-state index contributed by atoms with van der Waals surface area (Å²) in [5, 5.41) is 8.67. The second kappa shape index (κ2) is 6.57. The van der Waals surface area contributed by atoms with Crippen molar-refractivity contribution < 1.29 is 0 Å². The number of hydrogen-bond acceptors (Lipinski definition) is 6. The number of rotatable bonds is 3. The SMILES string of the molecule is Cc1ccc(-c2ccnc3[nH]c(-c4n[nH]c5ccc(-c6cncnc6)nc45)cc23)s1. The van der Waals surface area contributed by atoms with Gasteiger partial charge >= 0.3 is 0 Å². The molecule has 0 saturated carbocycles. The summed E-state index contributed by atoms with van der Waals surface area (Å²) in [5.41, 5.74) is 6.94. The number of aryl methyl sites for hydroxylation is 1. The molecule has 0 aliphatic heterocycles. The molecule has 6 aromatic rings. The molecule has 0 atom stereocenters.